The second-order valence-electron chi connectivity index (χ2n) is 4.76. The Bertz CT molecular complexity index is 157. The van der Waals surface area contributed by atoms with Gasteiger partial charge in [-0.1, -0.05) is 13.3 Å². The molecule has 15 heavy (non-hydrogen) atoms. The molecule has 3 atom stereocenters. The van der Waals surface area contributed by atoms with Crippen LogP contribution in [-0.4, -0.2) is 26.4 Å². The Morgan fingerprint density at radius 1 is 0.933 bits per heavy atom. The molecule has 1 aliphatic rings. The topological polar surface area (TPSA) is 18.5 Å². The molecular weight excluding hydrogens is 188 g/mol. The van der Waals surface area contributed by atoms with E-state index in [1.165, 1.54) is 19.3 Å². The highest BCUT2D eigenvalue weighted by atomic mass is 16.5. The maximum Gasteiger partial charge on any atom is 0.0497 e. The Labute approximate surface area is 94.3 Å². The minimum atomic E-state index is 0.722. The molecule has 0 saturated heterocycles. The zero-order valence-corrected chi connectivity index (χ0v) is 10.5. The van der Waals surface area contributed by atoms with E-state index >= 15 is 0 Å². The molecule has 1 rings (SSSR count). The molecule has 0 radical (unpaired) electrons. The Hall–Kier alpha value is -0.0800. The Kier molecular flexibility index (Phi) is 6.26. The van der Waals surface area contributed by atoms with E-state index in [-0.39, 0.29) is 0 Å². The summed E-state index contributed by atoms with van der Waals surface area (Å²) < 4.78 is 11.1. The van der Waals surface area contributed by atoms with Gasteiger partial charge in [0.2, 0.25) is 0 Å². The van der Waals surface area contributed by atoms with Gasteiger partial charge < -0.3 is 9.47 Å². The fraction of sp³-hybridized carbons (Fsp3) is 1.00. The van der Waals surface area contributed by atoms with E-state index in [1.54, 1.807) is 0 Å². The maximum absolute atomic E-state index is 5.58. The predicted octanol–water partition coefficient (Wildman–Crippen LogP) is 3.11. The first kappa shape index (κ1) is 13.0. The van der Waals surface area contributed by atoms with Crippen LogP contribution in [0.4, 0.5) is 0 Å². The van der Waals surface area contributed by atoms with Crippen molar-refractivity contribution in [1.29, 1.82) is 0 Å². The van der Waals surface area contributed by atoms with Crippen molar-refractivity contribution in [1.82, 2.24) is 0 Å². The first-order valence-electron chi connectivity index (χ1n) is 6.43. The van der Waals surface area contributed by atoms with Gasteiger partial charge in [0.25, 0.3) is 0 Å². The van der Waals surface area contributed by atoms with Crippen molar-refractivity contribution in [2.45, 2.75) is 40.0 Å². The summed E-state index contributed by atoms with van der Waals surface area (Å²) in [5.74, 6) is 2.32. The van der Waals surface area contributed by atoms with Crippen LogP contribution in [0.5, 0.6) is 0 Å². The van der Waals surface area contributed by atoms with Gasteiger partial charge in [-0.25, -0.2) is 0 Å². The van der Waals surface area contributed by atoms with Crippen molar-refractivity contribution in [2.24, 2.45) is 17.8 Å². The van der Waals surface area contributed by atoms with E-state index in [1.807, 2.05) is 0 Å². The lowest BCUT2D eigenvalue weighted by Gasteiger charge is -2.34. The SMILES string of the molecule is CCOCC1CCC(C)CC1COCC. The lowest BCUT2D eigenvalue weighted by Crippen LogP contribution is -2.30. The van der Waals surface area contributed by atoms with E-state index in [4.69, 9.17) is 9.47 Å². The average molecular weight is 214 g/mol. The van der Waals surface area contributed by atoms with Gasteiger partial charge in [0.1, 0.15) is 0 Å². The zero-order chi connectivity index (χ0) is 11.1. The van der Waals surface area contributed by atoms with Gasteiger partial charge in [-0.2, -0.15) is 0 Å². The van der Waals surface area contributed by atoms with Crippen molar-refractivity contribution in [3.8, 4) is 0 Å². The first-order chi connectivity index (χ1) is 7.27. The molecule has 0 aliphatic heterocycles. The summed E-state index contributed by atoms with van der Waals surface area (Å²) in [4.78, 5) is 0. The smallest absolute Gasteiger partial charge is 0.0497 e. The van der Waals surface area contributed by atoms with E-state index in [2.05, 4.69) is 20.8 Å². The highest BCUT2D eigenvalue weighted by Crippen LogP contribution is 2.34. The second-order valence-corrected chi connectivity index (χ2v) is 4.76. The molecular formula is C13H26O2. The van der Waals surface area contributed by atoms with Crippen LogP contribution in [0.2, 0.25) is 0 Å². The Balaban J connectivity index is 2.35. The lowest BCUT2D eigenvalue weighted by molar-refractivity contribution is 0.0101. The summed E-state index contributed by atoms with van der Waals surface area (Å²) in [6.45, 7) is 10.0. The van der Waals surface area contributed by atoms with Crippen molar-refractivity contribution in [3.05, 3.63) is 0 Å². The van der Waals surface area contributed by atoms with Crippen molar-refractivity contribution in [3.63, 3.8) is 0 Å². The van der Waals surface area contributed by atoms with Crippen LogP contribution in [0.1, 0.15) is 40.0 Å². The molecule has 0 bridgehead atoms. The first-order valence-corrected chi connectivity index (χ1v) is 6.43. The van der Waals surface area contributed by atoms with E-state index < -0.39 is 0 Å². The standard InChI is InChI=1S/C13H26O2/c1-4-14-9-12-7-6-11(3)8-13(12)10-15-5-2/h11-13H,4-10H2,1-3H3. The third kappa shape index (κ3) is 4.52. The van der Waals surface area contributed by atoms with Crippen molar-refractivity contribution in [2.75, 3.05) is 26.4 Å². The number of rotatable bonds is 6. The molecule has 1 aliphatic carbocycles. The monoisotopic (exact) mass is 214 g/mol. The number of hydrogen-bond donors (Lipinski definition) is 0. The minimum Gasteiger partial charge on any atom is -0.381 e. The van der Waals surface area contributed by atoms with Gasteiger partial charge in [-0.3, -0.25) is 0 Å². The second kappa shape index (κ2) is 7.24. The molecule has 2 nitrogen and oxygen atoms in total. The van der Waals surface area contributed by atoms with Gasteiger partial charge in [0.05, 0.1) is 0 Å². The molecule has 3 unspecified atom stereocenters. The molecule has 0 spiro atoms. The minimum absolute atomic E-state index is 0.722. The van der Waals surface area contributed by atoms with Crippen LogP contribution < -0.4 is 0 Å². The average Bonchev–Trinajstić information content (AvgIpc) is 2.25. The molecule has 0 heterocycles. The maximum atomic E-state index is 5.58. The highest BCUT2D eigenvalue weighted by Gasteiger charge is 2.28. The fourth-order valence-electron chi connectivity index (χ4n) is 2.52. The third-order valence-electron chi connectivity index (χ3n) is 3.47. The van der Waals surface area contributed by atoms with Gasteiger partial charge in [0, 0.05) is 26.4 Å². The fourth-order valence-corrected chi connectivity index (χ4v) is 2.52. The summed E-state index contributed by atoms with van der Waals surface area (Å²) >= 11 is 0. The molecule has 0 N–H and O–H groups in total. The molecule has 0 amide bonds. The highest BCUT2D eigenvalue weighted by molar-refractivity contribution is 4.78. The predicted molar refractivity (Wildman–Crippen MR) is 63.0 cm³/mol. The zero-order valence-electron chi connectivity index (χ0n) is 10.5. The van der Waals surface area contributed by atoms with E-state index in [9.17, 15) is 0 Å². The van der Waals surface area contributed by atoms with Crippen LogP contribution in [0, 0.1) is 17.8 Å². The van der Waals surface area contributed by atoms with Crippen LogP contribution in [-0.2, 0) is 9.47 Å². The van der Waals surface area contributed by atoms with Crippen LogP contribution in [0.3, 0.4) is 0 Å². The van der Waals surface area contributed by atoms with Crippen LogP contribution in [0.25, 0.3) is 0 Å². The summed E-state index contributed by atoms with van der Waals surface area (Å²) in [5.41, 5.74) is 0. The summed E-state index contributed by atoms with van der Waals surface area (Å²) in [5, 5.41) is 0. The molecule has 0 aromatic carbocycles. The largest absolute Gasteiger partial charge is 0.381 e. The molecule has 0 aromatic heterocycles. The molecule has 2 heteroatoms. The van der Waals surface area contributed by atoms with Gasteiger partial charge in [0.15, 0.2) is 0 Å². The Morgan fingerprint density at radius 2 is 1.53 bits per heavy atom. The Morgan fingerprint density at radius 3 is 2.13 bits per heavy atom. The number of hydrogen-bond acceptors (Lipinski definition) is 2. The summed E-state index contributed by atoms with van der Waals surface area (Å²) in [6, 6.07) is 0. The van der Waals surface area contributed by atoms with Gasteiger partial charge >= 0.3 is 0 Å². The summed E-state index contributed by atoms with van der Waals surface area (Å²) in [6.07, 6.45) is 4.00. The number of ether oxygens (including phenoxy) is 2. The van der Waals surface area contributed by atoms with Gasteiger partial charge in [-0.05, 0) is 44.4 Å². The van der Waals surface area contributed by atoms with E-state index in [0.29, 0.717) is 0 Å². The quantitative estimate of drug-likeness (QED) is 0.676. The summed E-state index contributed by atoms with van der Waals surface area (Å²) in [7, 11) is 0. The van der Waals surface area contributed by atoms with Crippen LogP contribution in [0.15, 0.2) is 0 Å². The molecule has 1 fully saturated rings. The normalized spacial score (nSPS) is 31.8. The van der Waals surface area contributed by atoms with Crippen LogP contribution >= 0.6 is 0 Å². The lowest BCUT2D eigenvalue weighted by atomic mass is 9.75. The molecule has 1 saturated carbocycles. The van der Waals surface area contributed by atoms with Crippen molar-refractivity contribution >= 4 is 0 Å². The van der Waals surface area contributed by atoms with E-state index in [0.717, 1.165) is 44.2 Å². The van der Waals surface area contributed by atoms with Gasteiger partial charge in [-0.15, -0.1) is 0 Å². The third-order valence-corrected chi connectivity index (χ3v) is 3.47. The molecule has 90 valence electrons. The molecule has 0 aromatic rings. The van der Waals surface area contributed by atoms with Crippen molar-refractivity contribution < 1.29 is 9.47 Å².